The van der Waals surface area contributed by atoms with Crippen molar-refractivity contribution in [1.82, 2.24) is 0 Å². The van der Waals surface area contributed by atoms with Crippen LogP contribution in [0.1, 0.15) is 26.3 Å². The highest BCUT2D eigenvalue weighted by atomic mass is 79.9. The van der Waals surface area contributed by atoms with E-state index in [-0.39, 0.29) is 17.0 Å². The van der Waals surface area contributed by atoms with E-state index < -0.39 is 5.63 Å². The lowest BCUT2D eigenvalue weighted by Crippen LogP contribution is -2.31. The maximum absolute atomic E-state index is 12.9. The predicted octanol–water partition coefficient (Wildman–Crippen LogP) is 5.03. The molecule has 0 saturated carbocycles. The normalized spacial score (nSPS) is 15.5. The lowest BCUT2D eigenvalue weighted by Gasteiger charge is -2.32. The number of hydrogen-bond acceptors (Lipinski definition) is 5. The Balaban J connectivity index is 2.25. The monoisotopic (exact) mass is 415 g/mol. The molecule has 4 rings (SSSR count). The average molecular weight is 416 g/mol. The highest BCUT2D eigenvalue weighted by molar-refractivity contribution is 9.10. The molecule has 26 heavy (non-hydrogen) atoms. The van der Waals surface area contributed by atoms with Crippen LogP contribution in [0.3, 0.4) is 0 Å². The fourth-order valence-corrected chi connectivity index (χ4v) is 4.33. The Hall–Kier alpha value is -2.47. The molecule has 1 aliphatic heterocycles. The van der Waals surface area contributed by atoms with Gasteiger partial charge in [-0.25, -0.2) is 4.79 Å². The van der Waals surface area contributed by atoms with Gasteiger partial charge in [-0.1, -0.05) is 12.1 Å². The number of allylic oxidation sites excluding steroid dienone is 1. The summed E-state index contributed by atoms with van der Waals surface area (Å²) in [6, 6.07) is 5.28. The average Bonchev–Trinajstić information content (AvgIpc) is 2.54. The smallest absolute Gasteiger partial charge is 0.344 e. The van der Waals surface area contributed by atoms with E-state index in [4.69, 9.17) is 9.15 Å². The number of hydrogen-bond donors (Lipinski definition) is 2. The van der Waals surface area contributed by atoms with Crippen LogP contribution in [0.15, 0.2) is 38.0 Å². The standard InChI is InChI=1S/C20H18BrNO4/c1-9-8-20(2,3)22-12-6-5-10-15(14(9)12)19(24)26-17-11(21)7-13(23)18(25-4)16(10)17/h5-8,22-23H,1-4H3. The maximum atomic E-state index is 12.9. The molecule has 134 valence electrons. The van der Waals surface area contributed by atoms with Crippen LogP contribution in [-0.2, 0) is 0 Å². The first-order valence-corrected chi connectivity index (χ1v) is 9.00. The highest BCUT2D eigenvalue weighted by Crippen LogP contribution is 2.45. The quantitative estimate of drug-likeness (QED) is 0.430. The van der Waals surface area contributed by atoms with Crippen LogP contribution in [0.25, 0.3) is 27.3 Å². The van der Waals surface area contributed by atoms with Gasteiger partial charge in [-0.2, -0.15) is 0 Å². The number of fused-ring (bicyclic) bond motifs is 5. The summed E-state index contributed by atoms with van der Waals surface area (Å²) in [7, 11) is 1.48. The van der Waals surface area contributed by atoms with Crippen molar-refractivity contribution in [2.24, 2.45) is 0 Å². The van der Waals surface area contributed by atoms with Gasteiger partial charge >= 0.3 is 5.63 Å². The van der Waals surface area contributed by atoms with Gasteiger partial charge in [-0.15, -0.1) is 0 Å². The van der Waals surface area contributed by atoms with Crippen LogP contribution in [0.5, 0.6) is 11.5 Å². The van der Waals surface area contributed by atoms with Gasteiger partial charge in [0, 0.05) is 22.7 Å². The fraction of sp³-hybridized carbons (Fsp3) is 0.250. The Morgan fingerprint density at radius 1 is 1.27 bits per heavy atom. The number of methoxy groups -OCH3 is 1. The number of nitrogens with one attached hydrogen (secondary N) is 1. The van der Waals surface area contributed by atoms with E-state index in [0.717, 1.165) is 16.8 Å². The maximum Gasteiger partial charge on any atom is 0.344 e. The minimum absolute atomic E-state index is 0.0220. The zero-order valence-electron chi connectivity index (χ0n) is 14.9. The lowest BCUT2D eigenvalue weighted by molar-refractivity contribution is 0.377. The third-order valence-electron chi connectivity index (χ3n) is 4.67. The summed E-state index contributed by atoms with van der Waals surface area (Å²) in [5.41, 5.74) is 2.42. The molecule has 0 fully saturated rings. The number of halogens is 1. The highest BCUT2D eigenvalue weighted by Gasteiger charge is 2.27. The molecule has 1 aromatic heterocycles. The Morgan fingerprint density at radius 2 is 2.00 bits per heavy atom. The summed E-state index contributed by atoms with van der Waals surface area (Å²) in [6.07, 6.45) is 2.09. The topological polar surface area (TPSA) is 71.7 Å². The molecule has 5 nitrogen and oxygen atoms in total. The molecular formula is C20H18BrNO4. The first-order valence-electron chi connectivity index (χ1n) is 8.20. The minimum atomic E-state index is -0.424. The summed E-state index contributed by atoms with van der Waals surface area (Å²) in [6.45, 7) is 6.13. The van der Waals surface area contributed by atoms with Gasteiger partial charge in [0.15, 0.2) is 17.1 Å². The molecule has 1 aliphatic rings. The van der Waals surface area contributed by atoms with Gasteiger partial charge in [0.25, 0.3) is 0 Å². The van der Waals surface area contributed by atoms with Crippen LogP contribution >= 0.6 is 15.9 Å². The van der Waals surface area contributed by atoms with Gasteiger partial charge in [0.1, 0.15) is 0 Å². The Morgan fingerprint density at radius 3 is 2.69 bits per heavy atom. The van der Waals surface area contributed by atoms with Crippen molar-refractivity contribution < 1.29 is 14.3 Å². The van der Waals surface area contributed by atoms with Crippen LogP contribution in [0, 0.1) is 0 Å². The molecule has 6 heteroatoms. The van der Waals surface area contributed by atoms with Crippen molar-refractivity contribution in [3.8, 4) is 11.5 Å². The third-order valence-corrected chi connectivity index (χ3v) is 5.26. The van der Waals surface area contributed by atoms with Crippen molar-refractivity contribution in [3.63, 3.8) is 0 Å². The summed E-state index contributed by atoms with van der Waals surface area (Å²) in [5, 5.41) is 15.4. The second-order valence-corrected chi connectivity index (χ2v) is 7.94. The number of phenolic OH excluding ortho intramolecular Hbond substituents is 1. The number of rotatable bonds is 1. The molecule has 0 radical (unpaired) electrons. The molecule has 0 bridgehead atoms. The van der Waals surface area contributed by atoms with E-state index in [1.165, 1.54) is 13.2 Å². The van der Waals surface area contributed by atoms with Crippen LogP contribution < -0.4 is 15.7 Å². The van der Waals surface area contributed by atoms with E-state index in [1.54, 1.807) is 0 Å². The first kappa shape index (κ1) is 17.0. The summed E-state index contributed by atoms with van der Waals surface area (Å²) in [4.78, 5) is 12.9. The van der Waals surface area contributed by atoms with Gasteiger partial charge in [0.05, 0.1) is 27.9 Å². The van der Waals surface area contributed by atoms with Gasteiger partial charge in [-0.05, 0) is 48.3 Å². The van der Waals surface area contributed by atoms with E-state index in [2.05, 4.69) is 41.2 Å². The number of benzene rings is 2. The Bertz CT molecular complexity index is 1170. The molecule has 2 N–H and O–H groups in total. The van der Waals surface area contributed by atoms with Gasteiger partial charge in [-0.3, -0.25) is 0 Å². The van der Waals surface area contributed by atoms with E-state index >= 15 is 0 Å². The summed E-state index contributed by atoms with van der Waals surface area (Å²) in [5.74, 6) is 0.258. The summed E-state index contributed by atoms with van der Waals surface area (Å²) >= 11 is 3.36. The van der Waals surface area contributed by atoms with Crippen molar-refractivity contribution in [1.29, 1.82) is 0 Å². The predicted molar refractivity (Wildman–Crippen MR) is 107 cm³/mol. The van der Waals surface area contributed by atoms with Crippen LogP contribution in [0.2, 0.25) is 0 Å². The Labute approximate surface area is 158 Å². The zero-order valence-corrected chi connectivity index (χ0v) is 16.4. The van der Waals surface area contributed by atoms with Crippen LogP contribution in [-0.4, -0.2) is 17.8 Å². The summed E-state index contributed by atoms with van der Waals surface area (Å²) < 4.78 is 11.5. The molecule has 0 saturated heterocycles. The molecule has 0 atom stereocenters. The molecule has 0 spiro atoms. The largest absolute Gasteiger partial charge is 0.504 e. The zero-order chi connectivity index (χ0) is 18.8. The molecule has 0 unspecified atom stereocenters. The van der Waals surface area contributed by atoms with Crippen molar-refractivity contribution >= 4 is 48.9 Å². The number of ether oxygens (including phenoxy) is 1. The van der Waals surface area contributed by atoms with E-state index in [9.17, 15) is 9.90 Å². The molecule has 0 aliphatic carbocycles. The third kappa shape index (κ3) is 2.32. The first-order chi connectivity index (χ1) is 12.2. The Kier molecular flexibility index (Phi) is 3.60. The van der Waals surface area contributed by atoms with E-state index in [1.807, 2.05) is 19.1 Å². The van der Waals surface area contributed by atoms with Gasteiger partial charge < -0.3 is 19.6 Å². The lowest BCUT2D eigenvalue weighted by atomic mass is 9.88. The van der Waals surface area contributed by atoms with Crippen molar-refractivity contribution in [3.05, 3.63) is 44.7 Å². The van der Waals surface area contributed by atoms with Crippen LogP contribution in [0.4, 0.5) is 5.69 Å². The SMILES string of the molecule is COc1c(O)cc(Br)c2oc(=O)c3c4c(ccc3c12)NC(C)(C)C=C4C. The molecule has 2 aromatic carbocycles. The second kappa shape index (κ2) is 5.51. The second-order valence-electron chi connectivity index (χ2n) is 7.09. The number of aromatic hydroxyl groups is 1. The van der Waals surface area contributed by atoms with Crippen molar-refractivity contribution in [2.75, 3.05) is 12.4 Å². The fourth-order valence-electron chi connectivity index (χ4n) is 3.83. The molecule has 2 heterocycles. The van der Waals surface area contributed by atoms with Gasteiger partial charge in [0.2, 0.25) is 0 Å². The molecule has 3 aromatic rings. The molecule has 0 amide bonds. The minimum Gasteiger partial charge on any atom is -0.504 e. The molecular weight excluding hydrogens is 398 g/mol. The number of anilines is 1. The van der Waals surface area contributed by atoms with E-state index in [0.29, 0.717) is 26.2 Å². The number of phenols is 1. The van der Waals surface area contributed by atoms with Crippen molar-refractivity contribution in [2.45, 2.75) is 26.3 Å².